The molecule has 16 heteroatoms. The maximum absolute atomic E-state index is 12.0. The summed E-state index contributed by atoms with van der Waals surface area (Å²) < 4.78 is 20.0. The smallest absolute Gasteiger partial charge is 0.410 e. The first-order valence-corrected chi connectivity index (χ1v) is 14.9. The van der Waals surface area contributed by atoms with Gasteiger partial charge in [0.15, 0.2) is 11.4 Å². The van der Waals surface area contributed by atoms with E-state index in [0.717, 1.165) is 0 Å². The molecule has 0 radical (unpaired) electrons. The van der Waals surface area contributed by atoms with Crippen LogP contribution in [0, 0.1) is 0 Å². The molecule has 0 aliphatic carbocycles. The number of carbonyl (C=O) groups excluding carboxylic acids is 4. The number of piperazine rings is 2. The monoisotopic (exact) mass is 644 g/mol. The van der Waals surface area contributed by atoms with Crippen molar-refractivity contribution in [1.29, 1.82) is 0 Å². The molecule has 2 saturated heterocycles. The second kappa shape index (κ2) is 15.5. The number of hydrogen-bond donors (Lipinski definition) is 0. The molecular weight excluding hydrogens is 600 g/mol. The largest absolute Gasteiger partial charge is 0.464 e. The Balaban J connectivity index is 0.000000250. The van der Waals surface area contributed by atoms with E-state index in [4.69, 9.17) is 9.47 Å². The Morgan fingerprint density at radius 3 is 1.17 bits per heavy atom. The first kappa shape index (κ1) is 35.7. The van der Waals surface area contributed by atoms with Gasteiger partial charge in [0.25, 0.3) is 0 Å². The maximum atomic E-state index is 12.0. The van der Waals surface area contributed by atoms with Crippen molar-refractivity contribution in [1.82, 2.24) is 29.7 Å². The summed E-state index contributed by atoms with van der Waals surface area (Å²) in [5, 5.41) is 0. The normalized spacial score (nSPS) is 15.3. The van der Waals surface area contributed by atoms with Gasteiger partial charge in [-0.1, -0.05) is 0 Å². The molecule has 0 saturated carbocycles. The Hall–Kier alpha value is -4.76. The van der Waals surface area contributed by atoms with E-state index in [1.165, 1.54) is 26.6 Å². The first-order chi connectivity index (χ1) is 21.6. The minimum Gasteiger partial charge on any atom is -0.464 e. The number of rotatable bonds is 4. The molecule has 4 rings (SSSR count). The van der Waals surface area contributed by atoms with Crippen LogP contribution in [0.3, 0.4) is 0 Å². The fourth-order valence-corrected chi connectivity index (χ4v) is 4.31. The van der Waals surface area contributed by atoms with Gasteiger partial charge in [0, 0.05) is 52.4 Å². The van der Waals surface area contributed by atoms with Crippen LogP contribution in [-0.4, -0.2) is 132 Å². The number of esters is 2. The minimum absolute atomic E-state index is 0.166. The zero-order chi connectivity index (χ0) is 34.1. The topological polar surface area (TPSA) is 170 Å². The van der Waals surface area contributed by atoms with E-state index in [9.17, 15) is 19.2 Å². The maximum Gasteiger partial charge on any atom is 0.410 e. The van der Waals surface area contributed by atoms with Crippen molar-refractivity contribution in [2.45, 2.75) is 52.7 Å². The summed E-state index contributed by atoms with van der Waals surface area (Å²) in [4.78, 5) is 70.9. The fourth-order valence-electron chi connectivity index (χ4n) is 4.31. The Kier molecular flexibility index (Phi) is 12.0. The van der Waals surface area contributed by atoms with E-state index in [1.54, 1.807) is 22.2 Å². The summed E-state index contributed by atoms with van der Waals surface area (Å²) in [5.41, 5.74) is -0.678. The molecule has 0 atom stereocenters. The van der Waals surface area contributed by atoms with Gasteiger partial charge in [0.2, 0.25) is 0 Å². The highest BCUT2D eigenvalue weighted by atomic mass is 16.6. The molecule has 4 heterocycles. The lowest BCUT2D eigenvalue weighted by Crippen LogP contribution is -2.50. The molecule has 0 spiro atoms. The van der Waals surface area contributed by atoms with Gasteiger partial charge in [0.05, 0.1) is 39.0 Å². The number of methoxy groups -OCH3 is 2. The van der Waals surface area contributed by atoms with Gasteiger partial charge in [-0.25, -0.2) is 29.1 Å². The van der Waals surface area contributed by atoms with Gasteiger partial charge in [-0.3, -0.25) is 9.97 Å². The van der Waals surface area contributed by atoms with Crippen molar-refractivity contribution in [3.8, 4) is 0 Å². The average Bonchev–Trinajstić information content (AvgIpc) is 3.03. The van der Waals surface area contributed by atoms with Gasteiger partial charge in [-0.15, -0.1) is 0 Å². The second-order valence-corrected chi connectivity index (χ2v) is 12.4. The van der Waals surface area contributed by atoms with Crippen molar-refractivity contribution in [3.05, 3.63) is 36.2 Å². The highest BCUT2D eigenvalue weighted by Crippen LogP contribution is 2.17. The molecule has 2 aromatic rings. The Morgan fingerprint density at radius 1 is 0.565 bits per heavy atom. The Labute approximate surface area is 269 Å². The molecule has 2 aliphatic heterocycles. The van der Waals surface area contributed by atoms with Gasteiger partial charge < -0.3 is 38.5 Å². The standard InChI is InChI=1S/2C15H22N4O4/c2*1-15(2,3)23-14(21)19-7-5-18(6-8-19)12-10-16-9-11(17-12)13(20)22-4/h2*9-10H,5-8H2,1-4H3. The number of amides is 2. The lowest BCUT2D eigenvalue weighted by atomic mass is 10.2. The van der Waals surface area contributed by atoms with Crippen LogP contribution in [0.25, 0.3) is 0 Å². The highest BCUT2D eigenvalue weighted by Gasteiger charge is 2.28. The number of ether oxygens (including phenoxy) is 4. The summed E-state index contributed by atoms with van der Waals surface area (Å²) >= 11 is 0. The van der Waals surface area contributed by atoms with Crippen LogP contribution in [0.15, 0.2) is 24.8 Å². The number of anilines is 2. The Morgan fingerprint density at radius 2 is 0.891 bits per heavy atom. The molecular formula is C30H44N8O8. The molecule has 2 fully saturated rings. The predicted octanol–water partition coefficient (Wildman–Crippen LogP) is 2.64. The first-order valence-electron chi connectivity index (χ1n) is 14.9. The van der Waals surface area contributed by atoms with Crippen molar-refractivity contribution < 1.29 is 38.1 Å². The minimum atomic E-state index is -0.522. The van der Waals surface area contributed by atoms with Crippen molar-refractivity contribution >= 4 is 35.8 Å². The van der Waals surface area contributed by atoms with E-state index >= 15 is 0 Å². The van der Waals surface area contributed by atoms with E-state index in [-0.39, 0.29) is 23.6 Å². The molecule has 46 heavy (non-hydrogen) atoms. The van der Waals surface area contributed by atoms with Crippen LogP contribution in [0.1, 0.15) is 62.5 Å². The van der Waals surface area contributed by atoms with Gasteiger partial charge >= 0.3 is 24.1 Å². The van der Waals surface area contributed by atoms with Crippen LogP contribution in [0.2, 0.25) is 0 Å². The molecule has 0 aromatic carbocycles. The number of nitrogens with zero attached hydrogens (tertiary/aromatic N) is 8. The summed E-state index contributed by atoms with van der Waals surface area (Å²) in [5.74, 6) is 0.145. The Bertz CT molecular complexity index is 1260. The molecule has 0 bridgehead atoms. The number of aromatic nitrogens is 4. The molecule has 2 aromatic heterocycles. The number of carbonyl (C=O) groups is 4. The SMILES string of the molecule is COC(=O)c1cncc(N2CCN(C(=O)OC(C)(C)C)CC2)n1.COC(=O)c1cncc(N2CCN(C(=O)OC(C)(C)C)CC2)n1. The van der Waals surface area contributed by atoms with Crippen LogP contribution >= 0.6 is 0 Å². The quantitative estimate of drug-likeness (QED) is 0.351. The molecule has 2 amide bonds. The van der Waals surface area contributed by atoms with Crippen LogP contribution in [0.4, 0.5) is 21.2 Å². The van der Waals surface area contributed by atoms with Crippen molar-refractivity contribution in [3.63, 3.8) is 0 Å². The van der Waals surface area contributed by atoms with E-state index in [1.807, 2.05) is 51.3 Å². The lowest BCUT2D eigenvalue weighted by Gasteiger charge is -2.36. The van der Waals surface area contributed by atoms with E-state index < -0.39 is 23.1 Å². The van der Waals surface area contributed by atoms with Gasteiger partial charge in [0.1, 0.15) is 22.8 Å². The zero-order valence-electron chi connectivity index (χ0n) is 27.8. The average molecular weight is 645 g/mol. The molecule has 16 nitrogen and oxygen atoms in total. The second-order valence-electron chi connectivity index (χ2n) is 12.4. The van der Waals surface area contributed by atoms with E-state index in [0.29, 0.717) is 64.0 Å². The van der Waals surface area contributed by atoms with Crippen molar-refractivity contribution in [2.75, 3.05) is 76.4 Å². The summed E-state index contributed by atoms with van der Waals surface area (Å²) in [6, 6.07) is 0. The van der Waals surface area contributed by atoms with Gasteiger partial charge in [-0.2, -0.15) is 0 Å². The zero-order valence-corrected chi connectivity index (χ0v) is 27.8. The predicted molar refractivity (Wildman–Crippen MR) is 167 cm³/mol. The van der Waals surface area contributed by atoms with E-state index in [2.05, 4.69) is 29.4 Å². The van der Waals surface area contributed by atoms with Crippen LogP contribution in [-0.2, 0) is 18.9 Å². The van der Waals surface area contributed by atoms with Crippen LogP contribution in [0.5, 0.6) is 0 Å². The van der Waals surface area contributed by atoms with Gasteiger partial charge in [-0.05, 0) is 41.5 Å². The summed E-state index contributed by atoms with van der Waals surface area (Å²) in [6.45, 7) is 15.5. The molecule has 252 valence electrons. The lowest BCUT2D eigenvalue weighted by molar-refractivity contribution is 0.0230. The molecule has 2 aliphatic rings. The van der Waals surface area contributed by atoms with Crippen LogP contribution < -0.4 is 9.80 Å². The third-order valence-electron chi connectivity index (χ3n) is 6.54. The summed E-state index contributed by atoms with van der Waals surface area (Å²) in [7, 11) is 2.60. The molecule has 0 N–H and O–H groups in total. The fraction of sp³-hybridized carbons (Fsp3) is 0.600. The third-order valence-corrected chi connectivity index (χ3v) is 6.54. The molecule has 0 unspecified atom stereocenters. The van der Waals surface area contributed by atoms with Crippen molar-refractivity contribution in [2.24, 2.45) is 0 Å². The number of hydrogen-bond acceptors (Lipinski definition) is 14. The highest BCUT2D eigenvalue weighted by molar-refractivity contribution is 5.87. The summed E-state index contributed by atoms with van der Waals surface area (Å²) in [6.07, 6.45) is 5.29. The third kappa shape index (κ3) is 10.7.